The molecule has 1 amide bonds. The van der Waals surface area contributed by atoms with Gasteiger partial charge in [-0.05, 0) is 18.8 Å². The van der Waals surface area contributed by atoms with Crippen molar-refractivity contribution in [3.63, 3.8) is 0 Å². The Hall–Kier alpha value is -0.510. The van der Waals surface area contributed by atoms with Crippen LogP contribution in [0.3, 0.4) is 0 Å². The van der Waals surface area contributed by atoms with Crippen LogP contribution in [0, 0.1) is 5.92 Å². The molecular formula is C8H11N2OS. The summed E-state index contributed by atoms with van der Waals surface area (Å²) < 4.78 is 0. The van der Waals surface area contributed by atoms with Crippen LogP contribution in [0.1, 0.15) is 19.8 Å². The third kappa shape index (κ3) is 1.80. The summed E-state index contributed by atoms with van der Waals surface area (Å²) in [5.74, 6) is 0.705. The summed E-state index contributed by atoms with van der Waals surface area (Å²) in [7, 11) is 0. The second-order valence-electron chi connectivity index (χ2n) is 3.25. The third-order valence-corrected chi connectivity index (χ3v) is 3.33. The number of amidine groups is 1. The molecule has 0 N–H and O–H groups in total. The average molecular weight is 183 g/mol. The van der Waals surface area contributed by atoms with Gasteiger partial charge in [0.15, 0.2) is 5.17 Å². The Morgan fingerprint density at radius 2 is 2.42 bits per heavy atom. The number of thioether (sulfide) groups is 1. The van der Waals surface area contributed by atoms with Gasteiger partial charge < -0.3 is 0 Å². The van der Waals surface area contributed by atoms with Crippen molar-refractivity contribution in [2.75, 3.05) is 6.54 Å². The minimum atomic E-state index is -0.141. The van der Waals surface area contributed by atoms with Crippen molar-refractivity contribution in [2.24, 2.45) is 10.9 Å². The van der Waals surface area contributed by atoms with Crippen LogP contribution in [0.25, 0.3) is 0 Å². The maximum atomic E-state index is 10.6. The van der Waals surface area contributed by atoms with Gasteiger partial charge in [-0.15, -0.1) is 0 Å². The highest BCUT2D eigenvalue weighted by Gasteiger charge is 2.36. The van der Waals surface area contributed by atoms with E-state index in [0.29, 0.717) is 10.4 Å². The predicted octanol–water partition coefficient (Wildman–Crippen LogP) is 1.02. The molecule has 0 aromatic rings. The molecule has 1 aliphatic heterocycles. The molecule has 1 saturated heterocycles. The van der Waals surface area contributed by atoms with E-state index in [2.05, 4.69) is 10.3 Å². The largest absolute Gasteiger partial charge is 0.273 e. The SMILES string of the molecule is CC(=O)N=C1[N]CC(C2CC2)S1. The highest BCUT2D eigenvalue weighted by molar-refractivity contribution is 8.14. The van der Waals surface area contributed by atoms with Crippen molar-refractivity contribution in [1.29, 1.82) is 0 Å². The molecule has 2 rings (SSSR count). The Bertz CT molecular complexity index is 235. The molecule has 2 aliphatic rings. The fourth-order valence-corrected chi connectivity index (χ4v) is 2.50. The maximum absolute atomic E-state index is 10.6. The van der Waals surface area contributed by atoms with E-state index in [1.807, 2.05) is 0 Å². The normalized spacial score (nSPS) is 32.1. The summed E-state index contributed by atoms with van der Waals surface area (Å²) in [6.07, 6.45) is 2.67. The minimum absolute atomic E-state index is 0.141. The van der Waals surface area contributed by atoms with Crippen molar-refractivity contribution < 1.29 is 4.79 Å². The van der Waals surface area contributed by atoms with E-state index >= 15 is 0 Å². The molecule has 1 aliphatic carbocycles. The molecule has 1 unspecified atom stereocenters. The van der Waals surface area contributed by atoms with Gasteiger partial charge in [-0.3, -0.25) is 10.1 Å². The van der Waals surface area contributed by atoms with Crippen molar-refractivity contribution in [3.8, 4) is 0 Å². The molecule has 0 aromatic heterocycles. The molecule has 3 nitrogen and oxygen atoms in total. The van der Waals surface area contributed by atoms with Gasteiger partial charge in [0.2, 0.25) is 5.91 Å². The lowest BCUT2D eigenvalue weighted by atomic mass is 10.3. The topological polar surface area (TPSA) is 43.5 Å². The number of hydrogen-bond donors (Lipinski definition) is 0. The number of carbonyl (C=O) groups is 1. The van der Waals surface area contributed by atoms with Crippen LogP contribution < -0.4 is 5.32 Å². The molecule has 1 saturated carbocycles. The Labute approximate surface area is 76.0 Å². The van der Waals surface area contributed by atoms with Crippen molar-refractivity contribution >= 4 is 22.8 Å². The van der Waals surface area contributed by atoms with Crippen LogP contribution in [0.2, 0.25) is 0 Å². The van der Waals surface area contributed by atoms with Gasteiger partial charge in [0.1, 0.15) is 0 Å². The fourth-order valence-electron chi connectivity index (χ4n) is 1.29. The first-order valence-electron chi connectivity index (χ1n) is 4.19. The Morgan fingerprint density at radius 1 is 1.67 bits per heavy atom. The predicted molar refractivity (Wildman–Crippen MR) is 49.2 cm³/mol. The van der Waals surface area contributed by atoms with Crippen molar-refractivity contribution in [3.05, 3.63) is 0 Å². The van der Waals surface area contributed by atoms with Crippen LogP contribution in [0.5, 0.6) is 0 Å². The summed E-state index contributed by atoms with van der Waals surface area (Å²) in [6.45, 7) is 2.33. The lowest BCUT2D eigenvalue weighted by Crippen LogP contribution is -2.10. The van der Waals surface area contributed by atoms with E-state index in [4.69, 9.17) is 0 Å². The van der Waals surface area contributed by atoms with E-state index in [1.54, 1.807) is 11.8 Å². The van der Waals surface area contributed by atoms with Gasteiger partial charge in [0.25, 0.3) is 0 Å². The quantitative estimate of drug-likeness (QED) is 0.609. The number of aliphatic imine (C=N–C) groups is 1. The first-order valence-corrected chi connectivity index (χ1v) is 5.07. The van der Waals surface area contributed by atoms with Gasteiger partial charge in [-0.1, -0.05) is 11.8 Å². The standard InChI is InChI=1S/C8H11N2OS/c1-5(11)10-8-9-4-7(12-8)6-2-3-6/h6-7H,2-4H2,1H3. The second-order valence-corrected chi connectivity index (χ2v) is 4.45. The number of rotatable bonds is 1. The molecule has 1 atom stereocenters. The highest BCUT2D eigenvalue weighted by atomic mass is 32.2. The molecule has 0 bridgehead atoms. The molecule has 0 spiro atoms. The van der Waals surface area contributed by atoms with Crippen molar-refractivity contribution in [2.45, 2.75) is 25.0 Å². The lowest BCUT2D eigenvalue weighted by Gasteiger charge is -1.99. The summed E-state index contributed by atoms with van der Waals surface area (Å²) >= 11 is 1.67. The zero-order chi connectivity index (χ0) is 8.55. The molecular weight excluding hydrogens is 172 g/mol. The fraction of sp³-hybridized carbons (Fsp3) is 0.750. The summed E-state index contributed by atoms with van der Waals surface area (Å²) in [5.41, 5.74) is 0. The first kappa shape index (κ1) is 8.10. The molecule has 0 aromatic carbocycles. The van der Waals surface area contributed by atoms with Gasteiger partial charge in [0, 0.05) is 12.2 Å². The summed E-state index contributed by atoms with van der Waals surface area (Å²) in [5, 5.41) is 5.52. The lowest BCUT2D eigenvalue weighted by molar-refractivity contribution is -0.115. The number of hydrogen-bond acceptors (Lipinski definition) is 2. The van der Waals surface area contributed by atoms with Gasteiger partial charge in [0.05, 0.1) is 6.54 Å². The Balaban J connectivity index is 1.92. The van der Waals surface area contributed by atoms with E-state index < -0.39 is 0 Å². The first-order chi connectivity index (χ1) is 5.75. The number of amides is 1. The smallest absolute Gasteiger partial charge is 0.245 e. The minimum Gasteiger partial charge on any atom is -0.273 e. The zero-order valence-electron chi connectivity index (χ0n) is 6.99. The van der Waals surface area contributed by atoms with E-state index in [-0.39, 0.29) is 5.91 Å². The summed E-state index contributed by atoms with van der Waals surface area (Å²) in [4.78, 5) is 14.4. The van der Waals surface area contributed by atoms with Crippen LogP contribution >= 0.6 is 11.8 Å². The molecule has 12 heavy (non-hydrogen) atoms. The third-order valence-electron chi connectivity index (χ3n) is 2.06. The molecule has 2 fully saturated rings. The van der Waals surface area contributed by atoms with Crippen LogP contribution in [0.15, 0.2) is 4.99 Å². The average Bonchev–Trinajstić information content (AvgIpc) is 2.73. The molecule has 4 heteroatoms. The van der Waals surface area contributed by atoms with Crippen molar-refractivity contribution in [1.82, 2.24) is 5.32 Å². The Kier molecular flexibility index (Phi) is 2.09. The number of nitrogens with zero attached hydrogens (tertiary/aromatic N) is 2. The highest BCUT2D eigenvalue weighted by Crippen LogP contribution is 2.41. The molecule has 1 radical (unpaired) electrons. The van der Waals surface area contributed by atoms with E-state index in [1.165, 1.54) is 19.8 Å². The monoisotopic (exact) mass is 183 g/mol. The summed E-state index contributed by atoms with van der Waals surface area (Å²) in [6, 6.07) is 0. The second kappa shape index (κ2) is 3.09. The van der Waals surface area contributed by atoms with Crippen LogP contribution in [0.4, 0.5) is 0 Å². The Morgan fingerprint density at radius 3 is 3.00 bits per heavy atom. The van der Waals surface area contributed by atoms with Gasteiger partial charge in [-0.25, -0.2) is 0 Å². The molecule has 65 valence electrons. The van der Waals surface area contributed by atoms with Crippen LogP contribution in [-0.4, -0.2) is 22.9 Å². The van der Waals surface area contributed by atoms with E-state index in [0.717, 1.165) is 12.5 Å². The van der Waals surface area contributed by atoms with Gasteiger partial charge >= 0.3 is 0 Å². The van der Waals surface area contributed by atoms with Gasteiger partial charge in [-0.2, -0.15) is 4.99 Å². The number of carbonyl (C=O) groups excluding carboxylic acids is 1. The van der Waals surface area contributed by atoms with E-state index in [9.17, 15) is 4.79 Å². The molecule has 1 heterocycles. The zero-order valence-corrected chi connectivity index (χ0v) is 7.80. The maximum Gasteiger partial charge on any atom is 0.245 e. The van der Waals surface area contributed by atoms with Crippen LogP contribution in [-0.2, 0) is 4.79 Å².